The van der Waals surface area contributed by atoms with Crippen LogP contribution in [0.25, 0.3) is 0 Å². The highest BCUT2D eigenvalue weighted by molar-refractivity contribution is 6.32. The van der Waals surface area contributed by atoms with Gasteiger partial charge in [0.25, 0.3) is 11.8 Å². The second-order valence-electron chi connectivity index (χ2n) is 5.81. The van der Waals surface area contributed by atoms with Crippen LogP contribution in [0.3, 0.4) is 0 Å². The molecule has 0 aliphatic rings. The predicted molar refractivity (Wildman–Crippen MR) is 111 cm³/mol. The summed E-state index contributed by atoms with van der Waals surface area (Å²) in [6.45, 7) is -0.107. The third kappa shape index (κ3) is 6.15. The fraction of sp³-hybridized carbons (Fsp3) is 0.0476. The molecular formula is C21H17ClN4O3. The Morgan fingerprint density at radius 2 is 1.79 bits per heavy atom. The molecule has 2 N–H and O–H groups in total. The van der Waals surface area contributed by atoms with Gasteiger partial charge in [0, 0.05) is 11.9 Å². The lowest BCUT2D eigenvalue weighted by atomic mass is 10.2. The number of nitrogens with zero attached hydrogens (tertiary/aromatic N) is 2. The number of carbonyl (C=O) groups is 2. The summed E-state index contributed by atoms with van der Waals surface area (Å²) >= 11 is 5.86. The van der Waals surface area contributed by atoms with E-state index in [1.54, 1.807) is 48.5 Å². The van der Waals surface area contributed by atoms with Gasteiger partial charge in [-0.25, -0.2) is 10.4 Å². The van der Waals surface area contributed by atoms with Gasteiger partial charge in [0.05, 0.1) is 11.8 Å². The minimum Gasteiger partial charge on any atom is -0.484 e. The van der Waals surface area contributed by atoms with Crippen molar-refractivity contribution in [1.82, 2.24) is 10.4 Å². The predicted octanol–water partition coefficient (Wildman–Crippen LogP) is 3.52. The summed E-state index contributed by atoms with van der Waals surface area (Å²) in [4.78, 5) is 27.7. The Kier molecular flexibility index (Phi) is 6.91. The van der Waals surface area contributed by atoms with Gasteiger partial charge in [-0.15, -0.1) is 0 Å². The van der Waals surface area contributed by atoms with Crippen LogP contribution in [0.1, 0.15) is 15.9 Å². The van der Waals surface area contributed by atoms with Crippen LogP contribution >= 0.6 is 11.6 Å². The number of hydrogen-bond acceptors (Lipinski definition) is 5. The number of anilines is 1. The lowest BCUT2D eigenvalue weighted by Gasteiger charge is -2.07. The zero-order chi connectivity index (χ0) is 20.5. The number of nitrogens with one attached hydrogen (secondary N) is 2. The van der Waals surface area contributed by atoms with E-state index in [2.05, 4.69) is 20.8 Å². The van der Waals surface area contributed by atoms with Gasteiger partial charge in [-0.2, -0.15) is 5.10 Å². The minimum absolute atomic E-state index is 0.107. The maximum absolute atomic E-state index is 12.0. The molecule has 0 spiro atoms. The Labute approximate surface area is 172 Å². The van der Waals surface area contributed by atoms with E-state index in [1.807, 2.05) is 18.2 Å². The van der Waals surface area contributed by atoms with E-state index in [0.29, 0.717) is 11.4 Å². The van der Waals surface area contributed by atoms with Gasteiger partial charge in [0.15, 0.2) is 6.61 Å². The monoisotopic (exact) mass is 408 g/mol. The number of hydrogen-bond donors (Lipinski definition) is 2. The van der Waals surface area contributed by atoms with Crippen molar-refractivity contribution in [2.24, 2.45) is 5.10 Å². The number of rotatable bonds is 7. The first kappa shape index (κ1) is 20.0. The van der Waals surface area contributed by atoms with Crippen LogP contribution in [0.2, 0.25) is 5.15 Å². The molecule has 2 aromatic carbocycles. The van der Waals surface area contributed by atoms with Crippen molar-refractivity contribution in [1.29, 1.82) is 0 Å². The quantitative estimate of drug-likeness (QED) is 0.355. The molecule has 1 aromatic heterocycles. The van der Waals surface area contributed by atoms with Crippen LogP contribution in [-0.4, -0.2) is 29.6 Å². The van der Waals surface area contributed by atoms with Crippen molar-refractivity contribution in [3.63, 3.8) is 0 Å². The summed E-state index contributed by atoms with van der Waals surface area (Å²) in [5.41, 5.74) is 4.08. The summed E-state index contributed by atoms with van der Waals surface area (Å²) in [6.07, 6.45) is 2.98. The lowest BCUT2D eigenvalue weighted by Crippen LogP contribution is -2.20. The molecule has 2 amide bonds. The maximum atomic E-state index is 12.0. The van der Waals surface area contributed by atoms with Gasteiger partial charge in [-0.1, -0.05) is 29.8 Å². The van der Waals surface area contributed by atoms with Crippen molar-refractivity contribution < 1.29 is 14.3 Å². The molecule has 0 saturated heterocycles. The first-order chi connectivity index (χ1) is 14.1. The SMILES string of the molecule is O=C(COc1ccc(C=NNC(=O)c2cccnc2Cl)cc1)Nc1ccccc1. The van der Waals surface area contributed by atoms with Crippen molar-refractivity contribution >= 4 is 35.3 Å². The van der Waals surface area contributed by atoms with Crippen molar-refractivity contribution in [2.45, 2.75) is 0 Å². The molecule has 0 bridgehead atoms. The van der Waals surface area contributed by atoms with Crippen molar-refractivity contribution in [3.05, 3.63) is 89.2 Å². The van der Waals surface area contributed by atoms with Crippen molar-refractivity contribution in [3.8, 4) is 5.75 Å². The molecule has 8 heteroatoms. The molecule has 3 aromatic rings. The standard InChI is InChI=1S/C21H17ClN4O3/c22-20-18(7-4-12-23-20)21(28)26-24-13-15-8-10-17(11-9-15)29-14-19(27)25-16-5-2-1-3-6-16/h1-13H,14H2,(H,25,27)(H,26,28). The van der Waals surface area contributed by atoms with Crippen LogP contribution in [-0.2, 0) is 4.79 Å². The topological polar surface area (TPSA) is 92.7 Å². The normalized spacial score (nSPS) is 10.5. The number of carbonyl (C=O) groups excluding carboxylic acids is 2. The fourth-order valence-electron chi connectivity index (χ4n) is 2.30. The highest BCUT2D eigenvalue weighted by Gasteiger charge is 2.09. The molecule has 29 heavy (non-hydrogen) atoms. The molecule has 1 heterocycles. The van der Waals surface area contributed by atoms with Crippen LogP contribution in [0, 0.1) is 0 Å². The number of halogens is 1. The number of hydrazone groups is 1. The van der Waals surface area contributed by atoms with E-state index >= 15 is 0 Å². The second kappa shape index (κ2) is 10.0. The van der Waals surface area contributed by atoms with Gasteiger partial charge in [-0.3, -0.25) is 9.59 Å². The number of amides is 2. The average Bonchev–Trinajstić information content (AvgIpc) is 2.74. The first-order valence-corrected chi connectivity index (χ1v) is 9.01. The number of pyridine rings is 1. The average molecular weight is 409 g/mol. The Balaban J connectivity index is 1.47. The maximum Gasteiger partial charge on any atom is 0.274 e. The Hall–Kier alpha value is -3.71. The van der Waals surface area contributed by atoms with E-state index in [1.165, 1.54) is 12.4 Å². The molecule has 7 nitrogen and oxygen atoms in total. The van der Waals surface area contributed by atoms with E-state index in [-0.39, 0.29) is 23.2 Å². The van der Waals surface area contributed by atoms with Crippen LogP contribution < -0.4 is 15.5 Å². The number of para-hydroxylation sites is 1. The van der Waals surface area contributed by atoms with E-state index in [4.69, 9.17) is 16.3 Å². The van der Waals surface area contributed by atoms with E-state index < -0.39 is 5.91 Å². The molecule has 0 atom stereocenters. The smallest absolute Gasteiger partial charge is 0.274 e. The minimum atomic E-state index is -0.455. The Bertz CT molecular complexity index is 1010. The first-order valence-electron chi connectivity index (χ1n) is 8.63. The van der Waals surface area contributed by atoms with Gasteiger partial charge in [0.1, 0.15) is 10.9 Å². The van der Waals surface area contributed by atoms with Gasteiger partial charge >= 0.3 is 0 Å². The Morgan fingerprint density at radius 3 is 2.52 bits per heavy atom. The van der Waals surface area contributed by atoms with Gasteiger partial charge < -0.3 is 10.1 Å². The molecule has 3 rings (SSSR count). The summed E-state index contributed by atoms with van der Waals surface area (Å²) in [5.74, 6) is -0.168. The summed E-state index contributed by atoms with van der Waals surface area (Å²) in [7, 11) is 0. The molecule has 146 valence electrons. The fourth-order valence-corrected chi connectivity index (χ4v) is 2.50. The highest BCUT2D eigenvalue weighted by atomic mass is 35.5. The van der Waals surface area contributed by atoms with E-state index in [9.17, 15) is 9.59 Å². The molecule has 0 fully saturated rings. The third-order valence-electron chi connectivity index (χ3n) is 3.69. The molecule has 0 aliphatic heterocycles. The zero-order valence-corrected chi connectivity index (χ0v) is 16.0. The molecule has 0 unspecified atom stereocenters. The lowest BCUT2D eigenvalue weighted by molar-refractivity contribution is -0.118. The zero-order valence-electron chi connectivity index (χ0n) is 15.2. The number of ether oxygens (including phenoxy) is 1. The van der Waals surface area contributed by atoms with Crippen LogP contribution in [0.15, 0.2) is 78.0 Å². The number of benzene rings is 2. The van der Waals surface area contributed by atoms with Gasteiger partial charge in [-0.05, 0) is 54.1 Å². The van der Waals surface area contributed by atoms with Gasteiger partial charge in [0.2, 0.25) is 0 Å². The van der Waals surface area contributed by atoms with E-state index in [0.717, 1.165) is 5.56 Å². The summed E-state index contributed by atoms with van der Waals surface area (Å²) < 4.78 is 5.46. The molecular weight excluding hydrogens is 392 g/mol. The van der Waals surface area contributed by atoms with Crippen LogP contribution in [0.4, 0.5) is 5.69 Å². The Morgan fingerprint density at radius 1 is 1.03 bits per heavy atom. The number of aromatic nitrogens is 1. The van der Waals surface area contributed by atoms with Crippen LogP contribution in [0.5, 0.6) is 5.75 Å². The second-order valence-corrected chi connectivity index (χ2v) is 6.17. The highest BCUT2D eigenvalue weighted by Crippen LogP contribution is 2.12. The molecule has 0 aliphatic carbocycles. The molecule has 0 radical (unpaired) electrons. The summed E-state index contributed by atoms with van der Waals surface area (Å²) in [6, 6.07) is 19.2. The summed E-state index contributed by atoms with van der Waals surface area (Å²) in [5, 5.41) is 6.74. The third-order valence-corrected chi connectivity index (χ3v) is 3.99. The molecule has 0 saturated carbocycles. The van der Waals surface area contributed by atoms with Crippen molar-refractivity contribution in [2.75, 3.05) is 11.9 Å². The largest absolute Gasteiger partial charge is 0.484 e.